The second-order valence-corrected chi connectivity index (χ2v) is 9.79. The fourth-order valence-corrected chi connectivity index (χ4v) is 4.94. The molecular formula is C21H20Cl2N2O6S. The summed E-state index contributed by atoms with van der Waals surface area (Å²) in [5.41, 5.74) is 0.325. The van der Waals surface area contributed by atoms with E-state index in [-0.39, 0.29) is 38.0 Å². The Hall–Kier alpha value is -2.46. The Balaban J connectivity index is 1.77. The molecule has 0 radical (unpaired) electrons. The summed E-state index contributed by atoms with van der Waals surface area (Å²) < 4.78 is 32.7. The molecule has 0 aromatic heterocycles. The molecule has 170 valence electrons. The van der Waals surface area contributed by atoms with Gasteiger partial charge in [-0.05, 0) is 51.0 Å². The molecule has 32 heavy (non-hydrogen) atoms. The van der Waals surface area contributed by atoms with Gasteiger partial charge in [0.25, 0.3) is 5.91 Å². The van der Waals surface area contributed by atoms with E-state index in [4.69, 9.17) is 27.9 Å². The molecule has 0 aliphatic heterocycles. The number of rotatable bonds is 8. The van der Waals surface area contributed by atoms with Crippen molar-refractivity contribution in [3.8, 4) is 0 Å². The van der Waals surface area contributed by atoms with E-state index in [2.05, 4.69) is 10.0 Å². The number of anilines is 1. The number of sulfonamides is 1. The van der Waals surface area contributed by atoms with Crippen LogP contribution in [0.1, 0.15) is 47.4 Å². The molecule has 1 aliphatic carbocycles. The highest BCUT2D eigenvalue weighted by Gasteiger charge is 2.31. The van der Waals surface area contributed by atoms with Gasteiger partial charge < -0.3 is 10.1 Å². The van der Waals surface area contributed by atoms with Gasteiger partial charge in [0.1, 0.15) is 4.90 Å². The van der Waals surface area contributed by atoms with Crippen LogP contribution in [0, 0.1) is 0 Å². The third-order valence-electron chi connectivity index (χ3n) is 4.65. The van der Waals surface area contributed by atoms with Crippen molar-refractivity contribution in [3.05, 3.63) is 57.6 Å². The lowest BCUT2D eigenvalue weighted by atomic mass is 10.1. The standard InChI is InChI=1S/C21H20Cl2N2O6S/c1-11(26)14-5-3-4-6-18(14)24-20(27)12(2)31-21(28)15-9-19(17(23)10-16(15)22)32(29,30)25-13-7-8-13/h3-6,9-10,12-13,25H,7-8H2,1-2H3,(H,24,27). The molecule has 8 nitrogen and oxygen atoms in total. The Kier molecular flexibility index (Phi) is 7.24. The monoisotopic (exact) mass is 498 g/mol. The topological polar surface area (TPSA) is 119 Å². The van der Waals surface area contributed by atoms with E-state index in [1.165, 1.54) is 13.8 Å². The number of amides is 1. The Morgan fingerprint density at radius 3 is 2.34 bits per heavy atom. The highest BCUT2D eigenvalue weighted by molar-refractivity contribution is 7.89. The van der Waals surface area contributed by atoms with Crippen molar-refractivity contribution in [2.75, 3.05) is 5.32 Å². The molecule has 2 aromatic rings. The number of carbonyl (C=O) groups excluding carboxylic acids is 3. The summed E-state index contributed by atoms with van der Waals surface area (Å²) in [6.45, 7) is 2.69. The van der Waals surface area contributed by atoms with Crippen molar-refractivity contribution in [1.29, 1.82) is 0 Å². The first-order valence-electron chi connectivity index (χ1n) is 9.62. The molecule has 0 spiro atoms. The highest BCUT2D eigenvalue weighted by atomic mass is 35.5. The third-order valence-corrected chi connectivity index (χ3v) is 6.95. The molecule has 1 unspecified atom stereocenters. The fraction of sp³-hybridized carbons (Fsp3) is 0.286. The largest absolute Gasteiger partial charge is 0.449 e. The number of benzene rings is 2. The number of halogens is 2. The van der Waals surface area contributed by atoms with Crippen molar-refractivity contribution < 1.29 is 27.5 Å². The number of para-hydroxylation sites is 1. The van der Waals surface area contributed by atoms with E-state index in [1.807, 2.05) is 0 Å². The summed E-state index contributed by atoms with van der Waals surface area (Å²) in [7, 11) is -3.96. The van der Waals surface area contributed by atoms with Crippen LogP contribution >= 0.6 is 23.2 Å². The predicted molar refractivity (Wildman–Crippen MR) is 120 cm³/mol. The number of esters is 1. The first kappa shape index (κ1) is 24.2. The van der Waals surface area contributed by atoms with Gasteiger partial charge in [0, 0.05) is 11.6 Å². The minimum atomic E-state index is -3.96. The predicted octanol–water partition coefficient (Wildman–Crippen LogP) is 3.82. The van der Waals surface area contributed by atoms with E-state index < -0.39 is 28.0 Å². The molecule has 0 saturated heterocycles. The lowest BCUT2D eigenvalue weighted by Gasteiger charge is -2.16. The van der Waals surface area contributed by atoms with Gasteiger partial charge >= 0.3 is 5.97 Å². The molecular weight excluding hydrogens is 479 g/mol. The van der Waals surface area contributed by atoms with Crippen molar-refractivity contribution in [3.63, 3.8) is 0 Å². The molecule has 1 aliphatic rings. The molecule has 0 bridgehead atoms. The van der Waals surface area contributed by atoms with Crippen molar-refractivity contribution >= 4 is 56.6 Å². The van der Waals surface area contributed by atoms with Crippen LogP contribution in [0.3, 0.4) is 0 Å². The first-order chi connectivity index (χ1) is 15.0. The maximum absolute atomic E-state index is 12.6. The van der Waals surface area contributed by atoms with Gasteiger partial charge in [-0.3, -0.25) is 9.59 Å². The van der Waals surface area contributed by atoms with Crippen molar-refractivity contribution in [2.45, 2.75) is 43.7 Å². The van der Waals surface area contributed by atoms with Crippen LogP contribution in [0.4, 0.5) is 5.69 Å². The number of ether oxygens (including phenoxy) is 1. The van der Waals surface area contributed by atoms with Crippen LogP contribution in [-0.2, 0) is 19.6 Å². The number of hydrogen-bond donors (Lipinski definition) is 2. The highest BCUT2D eigenvalue weighted by Crippen LogP contribution is 2.31. The Morgan fingerprint density at radius 1 is 1.06 bits per heavy atom. The molecule has 1 saturated carbocycles. The van der Waals surface area contributed by atoms with E-state index in [0.29, 0.717) is 5.56 Å². The van der Waals surface area contributed by atoms with Gasteiger partial charge in [0.15, 0.2) is 11.9 Å². The number of ketones is 1. The van der Waals surface area contributed by atoms with Crippen molar-refractivity contribution in [1.82, 2.24) is 4.72 Å². The SMILES string of the molecule is CC(=O)c1ccccc1NC(=O)C(C)OC(=O)c1cc(S(=O)(=O)NC2CC2)c(Cl)cc1Cl. The van der Waals surface area contributed by atoms with Crippen LogP contribution < -0.4 is 10.0 Å². The minimum Gasteiger partial charge on any atom is -0.449 e. The van der Waals surface area contributed by atoms with Gasteiger partial charge in [0.05, 0.1) is 21.3 Å². The number of Topliss-reactive ketones (excluding diaryl/α,β-unsaturated/α-hetero) is 1. The minimum absolute atomic E-state index is 0.125. The second-order valence-electron chi connectivity index (χ2n) is 7.30. The smallest absolute Gasteiger partial charge is 0.340 e. The summed E-state index contributed by atoms with van der Waals surface area (Å²) in [6.07, 6.45) is 0.177. The average Bonchev–Trinajstić information content (AvgIpc) is 3.51. The maximum atomic E-state index is 12.6. The van der Waals surface area contributed by atoms with E-state index in [0.717, 1.165) is 25.0 Å². The summed E-state index contributed by atoms with van der Waals surface area (Å²) >= 11 is 12.1. The third kappa shape index (κ3) is 5.66. The lowest BCUT2D eigenvalue weighted by Crippen LogP contribution is -2.31. The molecule has 1 amide bonds. The summed E-state index contributed by atoms with van der Waals surface area (Å²) in [5, 5.41) is 2.27. The van der Waals surface area contributed by atoms with Gasteiger partial charge in [-0.15, -0.1) is 0 Å². The van der Waals surface area contributed by atoms with Crippen LogP contribution in [0.25, 0.3) is 0 Å². The summed E-state index contributed by atoms with van der Waals surface area (Å²) in [5.74, 6) is -1.93. The van der Waals surface area contributed by atoms with E-state index in [1.54, 1.807) is 24.3 Å². The average molecular weight is 499 g/mol. The van der Waals surface area contributed by atoms with Gasteiger partial charge in [-0.25, -0.2) is 17.9 Å². The molecule has 11 heteroatoms. The molecule has 0 heterocycles. The quantitative estimate of drug-likeness (QED) is 0.421. The summed E-state index contributed by atoms with van der Waals surface area (Å²) in [6, 6.07) is 8.39. The van der Waals surface area contributed by atoms with Gasteiger partial charge in [0.2, 0.25) is 10.0 Å². The molecule has 1 fully saturated rings. The van der Waals surface area contributed by atoms with Crippen LogP contribution in [0.15, 0.2) is 41.3 Å². The molecule has 3 rings (SSSR count). The fourth-order valence-electron chi connectivity index (χ4n) is 2.79. The first-order valence-corrected chi connectivity index (χ1v) is 11.9. The zero-order valence-corrected chi connectivity index (χ0v) is 19.5. The Bertz CT molecular complexity index is 1190. The number of carbonyl (C=O) groups is 3. The molecule has 1 atom stereocenters. The summed E-state index contributed by atoms with van der Waals surface area (Å²) in [4.78, 5) is 36.5. The van der Waals surface area contributed by atoms with Crippen molar-refractivity contribution in [2.24, 2.45) is 0 Å². The zero-order chi connectivity index (χ0) is 23.6. The lowest BCUT2D eigenvalue weighted by molar-refractivity contribution is -0.123. The number of hydrogen-bond acceptors (Lipinski definition) is 6. The van der Waals surface area contributed by atoms with Gasteiger partial charge in [-0.1, -0.05) is 35.3 Å². The van der Waals surface area contributed by atoms with Crippen LogP contribution in [-0.4, -0.2) is 38.2 Å². The zero-order valence-electron chi connectivity index (χ0n) is 17.1. The normalized spacial score (nSPS) is 14.5. The second kappa shape index (κ2) is 9.58. The van der Waals surface area contributed by atoms with Gasteiger partial charge in [-0.2, -0.15) is 0 Å². The number of nitrogens with one attached hydrogen (secondary N) is 2. The van der Waals surface area contributed by atoms with E-state index in [9.17, 15) is 22.8 Å². The molecule has 2 N–H and O–H groups in total. The Morgan fingerprint density at radius 2 is 1.72 bits per heavy atom. The van der Waals surface area contributed by atoms with E-state index >= 15 is 0 Å². The van der Waals surface area contributed by atoms with Crippen LogP contribution in [0.5, 0.6) is 0 Å². The Labute approximate surface area is 195 Å². The maximum Gasteiger partial charge on any atom is 0.340 e. The van der Waals surface area contributed by atoms with Crippen LogP contribution in [0.2, 0.25) is 10.0 Å². The molecule has 2 aromatic carbocycles.